The lowest BCUT2D eigenvalue weighted by molar-refractivity contribution is 0.455. The molecule has 0 aromatic rings. The maximum atomic E-state index is 6.03. The highest BCUT2D eigenvalue weighted by Gasteiger charge is 2.14. The molecule has 14 heavy (non-hydrogen) atoms. The number of rotatable bonds is 8. The van der Waals surface area contributed by atoms with Crippen LogP contribution < -0.4 is 11.1 Å². The van der Waals surface area contributed by atoms with Gasteiger partial charge < -0.3 is 11.1 Å². The molecule has 0 amide bonds. The normalized spacial score (nSPS) is 14.9. The highest BCUT2D eigenvalue weighted by molar-refractivity contribution is 5.00. The maximum Gasteiger partial charge on any atom is 0.0143 e. The van der Waals surface area contributed by atoms with E-state index in [2.05, 4.69) is 32.7 Å². The van der Waals surface area contributed by atoms with Crippen molar-refractivity contribution in [2.24, 2.45) is 11.7 Å². The lowest BCUT2D eigenvalue weighted by Crippen LogP contribution is -2.33. The van der Waals surface area contributed by atoms with Gasteiger partial charge in [-0.05, 0) is 12.8 Å². The Morgan fingerprint density at radius 1 is 1.36 bits per heavy atom. The Morgan fingerprint density at radius 2 is 2.00 bits per heavy atom. The Kier molecular flexibility index (Phi) is 7.58. The molecule has 0 radical (unpaired) electrons. The molecule has 0 fully saturated rings. The molecule has 0 spiro atoms. The zero-order valence-corrected chi connectivity index (χ0v) is 9.97. The topological polar surface area (TPSA) is 38.0 Å². The minimum absolute atomic E-state index is 0.252. The monoisotopic (exact) mass is 198 g/mol. The summed E-state index contributed by atoms with van der Waals surface area (Å²) in [6.07, 6.45) is 4.65. The van der Waals surface area contributed by atoms with Gasteiger partial charge in [0.25, 0.3) is 0 Å². The summed E-state index contributed by atoms with van der Waals surface area (Å²) >= 11 is 0. The Hall–Kier alpha value is -0.500. The molecule has 2 nitrogen and oxygen atoms in total. The second-order valence-corrected chi connectivity index (χ2v) is 4.05. The molecule has 2 unspecified atom stereocenters. The van der Waals surface area contributed by atoms with Gasteiger partial charge in [-0.2, -0.15) is 0 Å². The molecule has 0 saturated heterocycles. The molecule has 2 atom stereocenters. The molecule has 0 saturated carbocycles. The van der Waals surface area contributed by atoms with Crippen LogP contribution in [0.25, 0.3) is 0 Å². The fourth-order valence-corrected chi connectivity index (χ4v) is 1.43. The van der Waals surface area contributed by atoms with E-state index >= 15 is 0 Å². The van der Waals surface area contributed by atoms with E-state index in [1.165, 1.54) is 12.8 Å². The summed E-state index contributed by atoms with van der Waals surface area (Å²) in [5.74, 6) is 0.381. The molecule has 0 bridgehead atoms. The zero-order valence-electron chi connectivity index (χ0n) is 9.97. The Labute approximate surface area is 89.0 Å². The molecule has 0 aromatic heterocycles. The van der Waals surface area contributed by atoms with Gasteiger partial charge in [0, 0.05) is 24.2 Å². The van der Waals surface area contributed by atoms with Crippen LogP contribution in [0.1, 0.15) is 46.5 Å². The summed E-state index contributed by atoms with van der Waals surface area (Å²) in [4.78, 5) is 0. The van der Waals surface area contributed by atoms with Crippen molar-refractivity contribution in [2.45, 2.75) is 52.5 Å². The number of hydrogen-bond donors (Lipinski definition) is 2. The first-order valence-corrected chi connectivity index (χ1v) is 5.81. The molecule has 3 N–H and O–H groups in total. The van der Waals surface area contributed by atoms with E-state index in [-0.39, 0.29) is 6.04 Å². The second-order valence-electron chi connectivity index (χ2n) is 4.05. The van der Waals surface area contributed by atoms with Crippen LogP contribution in [0.15, 0.2) is 12.3 Å². The van der Waals surface area contributed by atoms with Crippen molar-refractivity contribution < 1.29 is 0 Å². The quantitative estimate of drug-likeness (QED) is 0.588. The minimum Gasteiger partial charge on any atom is -0.389 e. The van der Waals surface area contributed by atoms with Crippen LogP contribution in [-0.4, -0.2) is 12.6 Å². The van der Waals surface area contributed by atoms with Gasteiger partial charge in [-0.25, -0.2) is 0 Å². The van der Waals surface area contributed by atoms with Gasteiger partial charge >= 0.3 is 0 Å². The molecule has 2 heteroatoms. The minimum atomic E-state index is 0.252. The van der Waals surface area contributed by atoms with Gasteiger partial charge in [0.2, 0.25) is 0 Å². The van der Waals surface area contributed by atoms with Gasteiger partial charge in [0.1, 0.15) is 0 Å². The second kappa shape index (κ2) is 7.86. The predicted molar refractivity (Wildman–Crippen MR) is 64.1 cm³/mol. The highest BCUT2D eigenvalue weighted by Crippen LogP contribution is 2.13. The standard InChI is InChI=1S/C12H26N2/c1-5-7-9-14-11(4)10(3)12(13)8-6-2/h10,12,14H,4-9,13H2,1-3H3. The molecule has 84 valence electrons. The third kappa shape index (κ3) is 5.28. The molecule has 0 rings (SSSR count). The Bertz CT molecular complexity index is 154. The first-order valence-electron chi connectivity index (χ1n) is 5.81. The van der Waals surface area contributed by atoms with Crippen molar-refractivity contribution in [1.82, 2.24) is 5.32 Å². The summed E-state index contributed by atoms with van der Waals surface area (Å²) in [5.41, 5.74) is 7.13. The van der Waals surface area contributed by atoms with Gasteiger partial charge in [0.05, 0.1) is 0 Å². The molecular formula is C12H26N2. The lowest BCUT2D eigenvalue weighted by atomic mass is 9.96. The summed E-state index contributed by atoms with van der Waals surface area (Å²) in [7, 11) is 0. The van der Waals surface area contributed by atoms with Crippen LogP contribution in [0, 0.1) is 5.92 Å². The fourth-order valence-electron chi connectivity index (χ4n) is 1.43. The average molecular weight is 198 g/mol. The van der Waals surface area contributed by atoms with Gasteiger partial charge in [-0.3, -0.25) is 0 Å². The van der Waals surface area contributed by atoms with Gasteiger partial charge in [0.15, 0.2) is 0 Å². The SMILES string of the molecule is C=C(NCCCC)C(C)C(N)CCC. The molecule has 0 aromatic carbocycles. The number of hydrogen-bond acceptors (Lipinski definition) is 2. The van der Waals surface area contributed by atoms with Crippen molar-refractivity contribution in [2.75, 3.05) is 6.54 Å². The fraction of sp³-hybridized carbons (Fsp3) is 0.833. The lowest BCUT2D eigenvalue weighted by Gasteiger charge is -2.22. The third-order valence-corrected chi connectivity index (χ3v) is 2.70. The van der Waals surface area contributed by atoms with Crippen molar-refractivity contribution in [3.8, 4) is 0 Å². The highest BCUT2D eigenvalue weighted by atomic mass is 14.9. The number of nitrogens with one attached hydrogen (secondary N) is 1. The van der Waals surface area contributed by atoms with E-state index in [1.54, 1.807) is 0 Å². The molecule has 0 aliphatic heterocycles. The smallest absolute Gasteiger partial charge is 0.0143 e. The Balaban J connectivity index is 3.74. The third-order valence-electron chi connectivity index (χ3n) is 2.70. The largest absolute Gasteiger partial charge is 0.389 e. The summed E-state index contributed by atoms with van der Waals surface area (Å²) < 4.78 is 0. The van der Waals surface area contributed by atoms with E-state index in [1.807, 2.05) is 0 Å². The molecule has 0 aliphatic rings. The molecular weight excluding hydrogens is 172 g/mol. The van der Waals surface area contributed by atoms with E-state index in [0.717, 1.165) is 25.1 Å². The van der Waals surface area contributed by atoms with E-state index in [0.29, 0.717) is 5.92 Å². The first-order chi connectivity index (χ1) is 6.63. The van der Waals surface area contributed by atoms with Crippen LogP contribution in [0.5, 0.6) is 0 Å². The van der Waals surface area contributed by atoms with Gasteiger partial charge in [-0.1, -0.05) is 40.2 Å². The molecule has 0 heterocycles. The zero-order chi connectivity index (χ0) is 11.0. The van der Waals surface area contributed by atoms with Crippen LogP contribution in [0.2, 0.25) is 0 Å². The maximum absolute atomic E-state index is 6.03. The summed E-state index contributed by atoms with van der Waals surface area (Å²) in [6.45, 7) is 11.6. The van der Waals surface area contributed by atoms with E-state index < -0.39 is 0 Å². The van der Waals surface area contributed by atoms with Crippen LogP contribution in [0.4, 0.5) is 0 Å². The first kappa shape index (κ1) is 13.5. The van der Waals surface area contributed by atoms with Gasteiger partial charge in [-0.15, -0.1) is 0 Å². The molecule has 0 aliphatic carbocycles. The van der Waals surface area contributed by atoms with Crippen LogP contribution in [0.3, 0.4) is 0 Å². The average Bonchev–Trinajstić information content (AvgIpc) is 2.17. The van der Waals surface area contributed by atoms with Crippen molar-refractivity contribution in [1.29, 1.82) is 0 Å². The van der Waals surface area contributed by atoms with E-state index in [4.69, 9.17) is 5.73 Å². The van der Waals surface area contributed by atoms with Crippen molar-refractivity contribution >= 4 is 0 Å². The van der Waals surface area contributed by atoms with Crippen molar-refractivity contribution in [3.63, 3.8) is 0 Å². The Morgan fingerprint density at radius 3 is 2.50 bits per heavy atom. The predicted octanol–water partition coefficient (Wildman–Crippen LogP) is 2.65. The summed E-state index contributed by atoms with van der Waals surface area (Å²) in [5, 5.41) is 3.35. The van der Waals surface area contributed by atoms with E-state index in [9.17, 15) is 0 Å². The number of nitrogens with two attached hydrogens (primary N) is 1. The summed E-state index contributed by atoms with van der Waals surface area (Å²) in [6, 6.07) is 0.252. The van der Waals surface area contributed by atoms with Crippen LogP contribution >= 0.6 is 0 Å². The van der Waals surface area contributed by atoms with Crippen molar-refractivity contribution in [3.05, 3.63) is 12.3 Å². The van der Waals surface area contributed by atoms with Crippen LogP contribution in [-0.2, 0) is 0 Å². The number of unbranched alkanes of at least 4 members (excludes halogenated alkanes) is 1.